The van der Waals surface area contributed by atoms with E-state index in [9.17, 15) is 4.79 Å². The minimum absolute atomic E-state index is 0.348. The molecule has 0 fully saturated rings. The van der Waals surface area contributed by atoms with Crippen LogP contribution in [0.25, 0.3) is 0 Å². The van der Waals surface area contributed by atoms with Crippen molar-refractivity contribution >= 4 is 11.7 Å². The third kappa shape index (κ3) is 3.66. The average Bonchev–Trinajstić information content (AvgIpc) is 2.35. The van der Waals surface area contributed by atoms with Crippen LogP contribution in [0.5, 0.6) is 5.75 Å². The number of rotatable bonds is 5. The molecule has 4 nitrogen and oxygen atoms in total. The Balaban J connectivity index is 2.66. The van der Waals surface area contributed by atoms with E-state index in [1.54, 1.807) is 18.2 Å². The topological polar surface area (TPSA) is 61.5 Å². The molecule has 0 spiro atoms. The van der Waals surface area contributed by atoms with Gasteiger partial charge in [0.05, 0.1) is 25.0 Å². The second kappa shape index (κ2) is 6.13. The van der Waals surface area contributed by atoms with Gasteiger partial charge in [-0.05, 0) is 24.1 Å². The maximum Gasteiger partial charge on any atom is 0.338 e. The Kier molecular flexibility index (Phi) is 4.82. The van der Waals surface area contributed by atoms with Crippen LogP contribution in [0.15, 0.2) is 18.2 Å². The quantitative estimate of drug-likeness (QED) is 0.631. The molecule has 94 valence electrons. The summed E-state index contributed by atoms with van der Waals surface area (Å²) in [5, 5.41) is 0. The number of ether oxygens (including phenoxy) is 2. The van der Waals surface area contributed by atoms with Crippen molar-refractivity contribution in [3.05, 3.63) is 23.8 Å². The van der Waals surface area contributed by atoms with Gasteiger partial charge in [-0.1, -0.05) is 20.3 Å². The van der Waals surface area contributed by atoms with Gasteiger partial charge in [0.25, 0.3) is 0 Å². The van der Waals surface area contributed by atoms with Crippen LogP contribution >= 0.6 is 0 Å². The molecule has 2 N–H and O–H groups in total. The minimum atomic E-state index is -0.348. The molecule has 0 aliphatic rings. The Morgan fingerprint density at radius 2 is 2.18 bits per heavy atom. The summed E-state index contributed by atoms with van der Waals surface area (Å²) in [6.07, 6.45) is 0.984. The molecule has 0 amide bonds. The van der Waals surface area contributed by atoms with Gasteiger partial charge in [0.15, 0.2) is 0 Å². The fourth-order valence-corrected chi connectivity index (χ4v) is 1.28. The zero-order chi connectivity index (χ0) is 12.8. The molecule has 0 aromatic heterocycles. The van der Waals surface area contributed by atoms with Crippen LogP contribution in [0, 0.1) is 5.92 Å². The third-order valence-electron chi connectivity index (χ3n) is 2.66. The van der Waals surface area contributed by atoms with Gasteiger partial charge in [0.1, 0.15) is 5.75 Å². The van der Waals surface area contributed by atoms with Crippen LogP contribution in [0.4, 0.5) is 5.69 Å². The van der Waals surface area contributed by atoms with E-state index < -0.39 is 0 Å². The molecule has 0 saturated heterocycles. The van der Waals surface area contributed by atoms with Crippen LogP contribution in [0.1, 0.15) is 30.6 Å². The van der Waals surface area contributed by atoms with E-state index in [2.05, 4.69) is 6.92 Å². The monoisotopic (exact) mass is 237 g/mol. The summed E-state index contributed by atoms with van der Waals surface area (Å²) < 4.78 is 10.2. The van der Waals surface area contributed by atoms with E-state index in [1.165, 1.54) is 7.11 Å². The second-order valence-electron chi connectivity index (χ2n) is 4.07. The van der Waals surface area contributed by atoms with E-state index in [1.807, 2.05) is 6.92 Å². The number of carbonyl (C=O) groups excluding carboxylic acids is 1. The Labute approximate surface area is 102 Å². The lowest BCUT2D eigenvalue weighted by molar-refractivity contribution is 0.0447. The summed E-state index contributed by atoms with van der Waals surface area (Å²) in [5.41, 5.74) is 6.61. The molecule has 0 bridgehead atoms. The molecule has 0 heterocycles. The first kappa shape index (κ1) is 13.4. The van der Waals surface area contributed by atoms with Gasteiger partial charge in [0.2, 0.25) is 0 Å². The van der Waals surface area contributed by atoms with E-state index in [-0.39, 0.29) is 5.97 Å². The van der Waals surface area contributed by atoms with Gasteiger partial charge in [-0.2, -0.15) is 0 Å². The SMILES string of the molecule is CCC(C)COC(=O)c1ccc(OC)c(N)c1. The van der Waals surface area contributed by atoms with Crippen molar-refractivity contribution in [2.75, 3.05) is 19.5 Å². The maximum absolute atomic E-state index is 11.7. The lowest BCUT2D eigenvalue weighted by Gasteiger charge is -2.10. The van der Waals surface area contributed by atoms with E-state index in [0.29, 0.717) is 29.5 Å². The van der Waals surface area contributed by atoms with Crippen molar-refractivity contribution in [1.29, 1.82) is 0 Å². The van der Waals surface area contributed by atoms with E-state index >= 15 is 0 Å². The number of anilines is 1. The summed E-state index contributed by atoms with van der Waals surface area (Å²) in [6, 6.07) is 4.88. The Hall–Kier alpha value is -1.71. The number of methoxy groups -OCH3 is 1. The molecule has 1 rings (SSSR count). The normalized spacial score (nSPS) is 11.9. The van der Waals surface area contributed by atoms with Crippen LogP contribution in [-0.2, 0) is 4.74 Å². The molecule has 17 heavy (non-hydrogen) atoms. The zero-order valence-electron chi connectivity index (χ0n) is 10.5. The largest absolute Gasteiger partial charge is 0.495 e. The maximum atomic E-state index is 11.7. The molecular formula is C13H19NO3. The number of carbonyl (C=O) groups is 1. The Morgan fingerprint density at radius 1 is 1.47 bits per heavy atom. The molecule has 4 heteroatoms. The van der Waals surface area contributed by atoms with Gasteiger partial charge in [-0.3, -0.25) is 0 Å². The van der Waals surface area contributed by atoms with E-state index in [0.717, 1.165) is 6.42 Å². The standard InChI is InChI=1S/C13H19NO3/c1-4-9(2)8-17-13(15)10-5-6-12(16-3)11(14)7-10/h5-7,9H,4,8,14H2,1-3H3. The predicted molar refractivity (Wildman–Crippen MR) is 67.1 cm³/mol. The van der Waals surface area contributed by atoms with Crippen molar-refractivity contribution in [2.45, 2.75) is 20.3 Å². The first-order chi connectivity index (χ1) is 8.08. The van der Waals surface area contributed by atoms with Gasteiger partial charge < -0.3 is 15.2 Å². The van der Waals surface area contributed by atoms with E-state index in [4.69, 9.17) is 15.2 Å². The van der Waals surface area contributed by atoms with Gasteiger partial charge in [-0.15, -0.1) is 0 Å². The molecule has 1 aromatic carbocycles. The molecule has 0 saturated carbocycles. The lowest BCUT2D eigenvalue weighted by atomic mass is 10.1. The first-order valence-corrected chi connectivity index (χ1v) is 5.69. The van der Waals surface area contributed by atoms with Crippen LogP contribution in [0.3, 0.4) is 0 Å². The molecule has 1 aromatic rings. The van der Waals surface area contributed by atoms with Crippen LogP contribution in [-0.4, -0.2) is 19.7 Å². The van der Waals surface area contributed by atoms with Crippen LogP contribution < -0.4 is 10.5 Å². The summed E-state index contributed by atoms with van der Waals surface area (Å²) in [6.45, 7) is 4.53. The third-order valence-corrected chi connectivity index (χ3v) is 2.66. The van der Waals surface area contributed by atoms with Crippen molar-refractivity contribution in [2.24, 2.45) is 5.92 Å². The average molecular weight is 237 g/mol. The van der Waals surface area contributed by atoms with Gasteiger partial charge in [0, 0.05) is 0 Å². The fourth-order valence-electron chi connectivity index (χ4n) is 1.28. The predicted octanol–water partition coefficient (Wildman–Crippen LogP) is 2.48. The lowest BCUT2D eigenvalue weighted by Crippen LogP contribution is -2.12. The summed E-state index contributed by atoms with van der Waals surface area (Å²) >= 11 is 0. The second-order valence-corrected chi connectivity index (χ2v) is 4.07. The highest BCUT2D eigenvalue weighted by molar-refractivity contribution is 5.91. The smallest absolute Gasteiger partial charge is 0.338 e. The fraction of sp³-hybridized carbons (Fsp3) is 0.462. The van der Waals surface area contributed by atoms with Crippen molar-refractivity contribution in [1.82, 2.24) is 0 Å². The number of nitrogen functional groups attached to an aromatic ring is 1. The highest BCUT2D eigenvalue weighted by Crippen LogP contribution is 2.22. The first-order valence-electron chi connectivity index (χ1n) is 5.69. The minimum Gasteiger partial charge on any atom is -0.495 e. The molecule has 0 radical (unpaired) electrons. The van der Waals surface area contributed by atoms with Crippen molar-refractivity contribution < 1.29 is 14.3 Å². The molecule has 0 aliphatic carbocycles. The Morgan fingerprint density at radius 3 is 2.71 bits per heavy atom. The Bertz CT molecular complexity index is 390. The molecular weight excluding hydrogens is 218 g/mol. The summed E-state index contributed by atoms with van der Waals surface area (Å²) in [4.78, 5) is 11.7. The molecule has 1 atom stereocenters. The number of hydrogen-bond acceptors (Lipinski definition) is 4. The summed E-state index contributed by atoms with van der Waals surface area (Å²) in [7, 11) is 1.53. The van der Waals surface area contributed by atoms with Gasteiger partial charge >= 0.3 is 5.97 Å². The molecule has 0 aliphatic heterocycles. The summed E-state index contributed by atoms with van der Waals surface area (Å²) in [5.74, 6) is 0.581. The highest BCUT2D eigenvalue weighted by Gasteiger charge is 2.11. The van der Waals surface area contributed by atoms with Crippen molar-refractivity contribution in [3.8, 4) is 5.75 Å². The van der Waals surface area contributed by atoms with Crippen LogP contribution in [0.2, 0.25) is 0 Å². The molecule has 1 unspecified atom stereocenters. The number of esters is 1. The number of nitrogens with two attached hydrogens (primary N) is 1. The van der Waals surface area contributed by atoms with Crippen molar-refractivity contribution in [3.63, 3.8) is 0 Å². The number of hydrogen-bond donors (Lipinski definition) is 1. The highest BCUT2D eigenvalue weighted by atomic mass is 16.5. The number of benzene rings is 1. The van der Waals surface area contributed by atoms with Gasteiger partial charge in [-0.25, -0.2) is 4.79 Å². The zero-order valence-corrected chi connectivity index (χ0v) is 10.5.